The van der Waals surface area contributed by atoms with Crippen molar-refractivity contribution < 1.29 is 8.42 Å². The minimum atomic E-state index is -3.59. The summed E-state index contributed by atoms with van der Waals surface area (Å²) in [6.45, 7) is 2.63. The van der Waals surface area contributed by atoms with Crippen molar-refractivity contribution in [2.75, 3.05) is 11.9 Å². The minimum Gasteiger partial charge on any atom is -0.370 e. The van der Waals surface area contributed by atoms with Crippen molar-refractivity contribution in [3.63, 3.8) is 0 Å². The maximum Gasteiger partial charge on any atom is 0.241 e. The zero-order valence-corrected chi connectivity index (χ0v) is 11.1. The first-order valence-corrected chi connectivity index (χ1v) is 7.14. The lowest BCUT2D eigenvalue weighted by Crippen LogP contribution is -2.24. The molecule has 0 bridgehead atoms. The summed E-state index contributed by atoms with van der Waals surface area (Å²) < 4.78 is 26.5. The first-order valence-electron chi connectivity index (χ1n) is 5.65. The van der Waals surface area contributed by atoms with Gasteiger partial charge in [-0.15, -0.1) is 0 Å². The van der Waals surface area contributed by atoms with Crippen molar-refractivity contribution >= 4 is 15.8 Å². The van der Waals surface area contributed by atoms with Gasteiger partial charge in [0.1, 0.15) is 18.0 Å². The number of pyridine rings is 1. The van der Waals surface area contributed by atoms with Gasteiger partial charge in [0.2, 0.25) is 10.0 Å². The Kier molecular flexibility index (Phi) is 4.07. The van der Waals surface area contributed by atoms with Crippen LogP contribution in [0.25, 0.3) is 0 Å². The average molecular weight is 282 g/mol. The van der Waals surface area contributed by atoms with Crippen LogP contribution in [0.15, 0.2) is 29.6 Å². The van der Waals surface area contributed by atoms with Gasteiger partial charge in [0, 0.05) is 18.8 Å². The number of rotatable bonds is 6. The van der Waals surface area contributed by atoms with E-state index in [2.05, 4.69) is 30.2 Å². The molecule has 0 spiro atoms. The molecule has 19 heavy (non-hydrogen) atoms. The first-order chi connectivity index (χ1) is 9.12. The lowest BCUT2D eigenvalue weighted by Gasteiger charge is -2.07. The highest BCUT2D eigenvalue weighted by atomic mass is 32.2. The fourth-order valence-electron chi connectivity index (χ4n) is 1.42. The van der Waals surface area contributed by atoms with E-state index >= 15 is 0 Å². The molecular weight excluding hydrogens is 268 g/mol. The van der Waals surface area contributed by atoms with E-state index in [1.807, 2.05) is 6.92 Å². The van der Waals surface area contributed by atoms with E-state index in [-0.39, 0.29) is 11.4 Å². The summed E-state index contributed by atoms with van der Waals surface area (Å²) in [6, 6.07) is 2.91. The standard InChI is InChI=1S/C10H14N6O2S/c1-2-11-9-5-8(3-4-12-9)19(17,18)15-6-10-13-7-14-16-10/h3-5,7,15H,2,6H2,1H3,(H,11,12)(H,13,14,16). The number of hydrogen-bond acceptors (Lipinski definition) is 6. The van der Waals surface area contributed by atoms with E-state index in [9.17, 15) is 8.42 Å². The van der Waals surface area contributed by atoms with Gasteiger partial charge in [-0.3, -0.25) is 5.10 Å². The number of hydrogen-bond donors (Lipinski definition) is 3. The molecule has 2 heterocycles. The van der Waals surface area contributed by atoms with E-state index in [0.29, 0.717) is 18.2 Å². The zero-order chi connectivity index (χ0) is 13.7. The SMILES string of the molecule is CCNc1cc(S(=O)(=O)NCc2ncn[nH]2)ccn1. The summed E-state index contributed by atoms with van der Waals surface area (Å²) in [5.41, 5.74) is 0. The van der Waals surface area contributed by atoms with Gasteiger partial charge in [-0.05, 0) is 13.0 Å². The van der Waals surface area contributed by atoms with Gasteiger partial charge in [0.15, 0.2) is 0 Å². The number of aromatic amines is 1. The maximum atomic E-state index is 12.1. The Morgan fingerprint density at radius 3 is 2.89 bits per heavy atom. The van der Waals surface area contributed by atoms with Crippen LogP contribution in [-0.2, 0) is 16.6 Å². The fourth-order valence-corrected chi connectivity index (χ4v) is 2.42. The molecule has 0 aliphatic carbocycles. The molecule has 0 fully saturated rings. The topological polar surface area (TPSA) is 113 Å². The molecule has 0 radical (unpaired) electrons. The van der Waals surface area contributed by atoms with Crippen LogP contribution in [0, 0.1) is 0 Å². The second-order valence-electron chi connectivity index (χ2n) is 3.66. The number of anilines is 1. The Morgan fingerprint density at radius 2 is 2.21 bits per heavy atom. The quantitative estimate of drug-likeness (QED) is 0.693. The van der Waals surface area contributed by atoms with Crippen molar-refractivity contribution in [2.45, 2.75) is 18.4 Å². The smallest absolute Gasteiger partial charge is 0.241 e. The molecule has 2 aromatic rings. The number of sulfonamides is 1. The number of H-pyrrole nitrogens is 1. The normalized spacial score (nSPS) is 11.4. The van der Waals surface area contributed by atoms with E-state index in [1.165, 1.54) is 24.7 Å². The predicted molar refractivity (Wildman–Crippen MR) is 68.8 cm³/mol. The zero-order valence-electron chi connectivity index (χ0n) is 10.3. The van der Waals surface area contributed by atoms with Gasteiger partial charge in [0.25, 0.3) is 0 Å². The van der Waals surface area contributed by atoms with Crippen molar-refractivity contribution in [3.05, 3.63) is 30.5 Å². The van der Waals surface area contributed by atoms with Crippen molar-refractivity contribution in [3.8, 4) is 0 Å². The van der Waals surface area contributed by atoms with Gasteiger partial charge in [0.05, 0.1) is 11.4 Å². The van der Waals surface area contributed by atoms with Crippen LogP contribution in [0.1, 0.15) is 12.7 Å². The molecule has 9 heteroatoms. The van der Waals surface area contributed by atoms with E-state index in [0.717, 1.165) is 0 Å². The Balaban J connectivity index is 2.12. The summed E-state index contributed by atoms with van der Waals surface area (Å²) in [5, 5.41) is 9.18. The van der Waals surface area contributed by atoms with Crippen molar-refractivity contribution in [1.29, 1.82) is 0 Å². The lowest BCUT2D eigenvalue weighted by atomic mass is 10.4. The van der Waals surface area contributed by atoms with Crippen LogP contribution in [0.3, 0.4) is 0 Å². The third-order valence-electron chi connectivity index (χ3n) is 2.29. The molecule has 3 N–H and O–H groups in total. The monoisotopic (exact) mass is 282 g/mol. The van der Waals surface area contributed by atoms with Crippen LogP contribution < -0.4 is 10.0 Å². The molecule has 8 nitrogen and oxygen atoms in total. The molecule has 2 rings (SSSR count). The first kappa shape index (κ1) is 13.4. The Hall–Kier alpha value is -2.00. The summed E-state index contributed by atoms with van der Waals surface area (Å²) in [7, 11) is -3.59. The fraction of sp³-hybridized carbons (Fsp3) is 0.300. The molecule has 0 saturated carbocycles. The average Bonchev–Trinajstić information content (AvgIpc) is 2.90. The van der Waals surface area contributed by atoms with Gasteiger partial charge in [-0.1, -0.05) is 0 Å². The van der Waals surface area contributed by atoms with Crippen LogP contribution >= 0.6 is 0 Å². The molecule has 0 aliphatic rings. The van der Waals surface area contributed by atoms with Gasteiger partial charge >= 0.3 is 0 Å². The lowest BCUT2D eigenvalue weighted by molar-refractivity contribution is 0.579. The van der Waals surface area contributed by atoms with Gasteiger partial charge in [-0.25, -0.2) is 23.1 Å². The van der Waals surface area contributed by atoms with Crippen LogP contribution in [-0.4, -0.2) is 35.1 Å². The highest BCUT2D eigenvalue weighted by Crippen LogP contribution is 2.12. The summed E-state index contributed by atoms with van der Waals surface area (Å²) in [5.74, 6) is 0.967. The second kappa shape index (κ2) is 5.76. The molecule has 0 aliphatic heterocycles. The third kappa shape index (κ3) is 3.48. The Morgan fingerprint density at radius 1 is 1.37 bits per heavy atom. The van der Waals surface area contributed by atoms with Crippen LogP contribution in [0.2, 0.25) is 0 Å². The summed E-state index contributed by atoms with van der Waals surface area (Å²) in [4.78, 5) is 8.01. The van der Waals surface area contributed by atoms with Crippen molar-refractivity contribution in [1.82, 2.24) is 24.9 Å². The second-order valence-corrected chi connectivity index (χ2v) is 5.43. The molecule has 2 aromatic heterocycles. The highest BCUT2D eigenvalue weighted by molar-refractivity contribution is 7.89. The van der Waals surface area contributed by atoms with Crippen LogP contribution in [0.4, 0.5) is 5.82 Å². The summed E-state index contributed by atoms with van der Waals surface area (Å²) >= 11 is 0. The van der Waals surface area contributed by atoms with Crippen molar-refractivity contribution in [2.24, 2.45) is 0 Å². The number of nitrogens with zero attached hydrogens (tertiary/aromatic N) is 3. The number of aromatic nitrogens is 4. The molecule has 0 saturated heterocycles. The Labute approximate surface area is 110 Å². The maximum absolute atomic E-state index is 12.1. The largest absolute Gasteiger partial charge is 0.370 e. The Bertz CT molecular complexity index is 625. The summed E-state index contributed by atoms with van der Waals surface area (Å²) in [6.07, 6.45) is 2.76. The predicted octanol–water partition coefficient (Wildman–Crippen LogP) is 0.110. The molecule has 0 unspecified atom stereocenters. The molecule has 0 aromatic carbocycles. The van der Waals surface area contributed by atoms with Crippen LogP contribution in [0.5, 0.6) is 0 Å². The minimum absolute atomic E-state index is 0.0567. The number of nitrogens with one attached hydrogen (secondary N) is 3. The van der Waals surface area contributed by atoms with Gasteiger partial charge < -0.3 is 5.32 Å². The van der Waals surface area contributed by atoms with E-state index in [1.54, 1.807) is 0 Å². The third-order valence-corrected chi connectivity index (χ3v) is 3.69. The molecule has 0 atom stereocenters. The molecular formula is C10H14N6O2S. The van der Waals surface area contributed by atoms with E-state index < -0.39 is 10.0 Å². The highest BCUT2D eigenvalue weighted by Gasteiger charge is 2.15. The van der Waals surface area contributed by atoms with E-state index in [4.69, 9.17) is 0 Å². The van der Waals surface area contributed by atoms with Gasteiger partial charge in [-0.2, -0.15) is 5.10 Å². The molecule has 0 amide bonds. The molecule has 102 valence electrons.